The zero-order valence-electron chi connectivity index (χ0n) is 13.8. The van der Waals surface area contributed by atoms with Crippen LogP contribution in [0.1, 0.15) is 52.9 Å². The maximum Gasteiger partial charge on any atom is 0.219 e. The summed E-state index contributed by atoms with van der Waals surface area (Å²) in [6.07, 6.45) is 4.88. The highest BCUT2D eigenvalue weighted by molar-refractivity contribution is 5.82. The summed E-state index contributed by atoms with van der Waals surface area (Å²) in [5, 5.41) is 0. The largest absolute Gasteiger partial charge is 0.343 e. The molecular weight excluding hydrogens is 264 g/mol. The Balaban J connectivity index is 1.78. The highest BCUT2D eigenvalue weighted by atomic mass is 16.2. The number of nitrogens with zero attached hydrogens (tertiary/aromatic N) is 2. The normalized spacial score (nSPS) is 25.3. The van der Waals surface area contributed by atoms with E-state index in [1.165, 1.54) is 19.4 Å². The lowest BCUT2D eigenvalue weighted by Gasteiger charge is -2.36. The molecule has 0 aromatic heterocycles. The third kappa shape index (κ3) is 4.53. The van der Waals surface area contributed by atoms with Crippen molar-refractivity contribution in [1.82, 2.24) is 9.80 Å². The van der Waals surface area contributed by atoms with Crippen LogP contribution in [0.15, 0.2) is 0 Å². The summed E-state index contributed by atoms with van der Waals surface area (Å²) in [4.78, 5) is 28.2. The van der Waals surface area contributed by atoms with E-state index >= 15 is 0 Å². The van der Waals surface area contributed by atoms with E-state index in [0.717, 1.165) is 38.9 Å². The second-order valence-corrected chi connectivity index (χ2v) is 7.05. The first-order valence-corrected chi connectivity index (χ1v) is 8.49. The smallest absolute Gasteiger partial charge is 0.219 e. The fraction of sp³-hybridized carbons (Fsp3) is 0.882. The molecule has 0 saturated carbocycles. The molecule has 1 atom stereocenters. The topological polar surface area (TPSA) is 40.6 Å². The van der Waals surface area contributed by atoms with Gasteiger partial charge in [0.25, 0.3) is 0 Å². The highest BCUT2D eigenvalue weighted by Gasteiger charge is 2.29. The molecule has 0 bridgehead atoms. The number of carbonyl (C=O) groups excluding carboxylic acids is 2. The molecule has 2 fully saturated rings. The quantitative estimate of drug-likeness (QED) is 0.799. The van der Waals surface area contributed by atoms with Crippen LogP contribution in [0, 0.1) is 11.8 Å². The Bertz CT molecular complexity index is 373. The van der Waals surface area contributed by atoms with Gasteiger partial charge in [-0.15, -0.1) is 0 Å². The monoisotopic (exact) mass is 294 g/mol. The third-order valence-corrected chi connectivity index (χ3v) is 5.17. The van der Waals surface area contributed by atoms with Crippen molar-refractivity contribution in [2.75, 3.05) is 26.2 Å². The molecule has 2 aliphatic heterocycles. The van der Waals surface area contributed by atoms with Gasteiger partial charge in [-0.2, -0.15) is 0 Å². The Morgan fingerprint density at radius 3 is 2.33 bits per heavy atom. The minimum absolute atomic E-state index is 0.140. The van der Waals surface area contributed by atoms with Crippen LogP contribution in [0.3, 0.4) is 0 Å². The van der Waals surface area contributed by atoms with Crippen molar-refractivity contribution >= 4 is 11.7 Å². The molecule has 4 heteroatoms. The summed E-state index contributed by atoms with van der Waals surface area (Å²) in [5.74, 6) is 1.31. The Kier molecular flexibility index (Phi) is 5.80. The van der Waals surface area contributed by atoms with Gasteiger partial charge in [-0.1, -0.05) is 0 Å². The zero-order valence-corrected chi connectivity index (χ0v) is 13.8. The fourth-order valence-corrected chi connectivity index (χ4v) is 3.70. The molecule has 21 heavy (non-hydrogen) atoms. The van der Waals surface area contributed by atoms with Crippen molar-refractivity contribution in [1.29, 1.82) is 0 Å². The van der Waals surface area contributed by atoms with Crippen molar-refractivity contribution in [2.45, 2.75) is 58.9 Å². The Morgan fingerprint density at radius 2 is 1.76 bits per heavy atom. The molecule has 0 N–H and O–H groups in total. The van der Waals surface area contributed by atoms with Gasteiger partial charge in [-0.25, -0.2) is 0 Å². The molecule has 2 saturated heterocycles. The van der Waals surface area contributed by atoms with Crippen LogP contribution >= 0.6 is 0 Å². The van der Waals surface area contributed by atoms with Crippen molar-refractivity contribution in [3.63, 3.8) is 0 Å². The van der Waals surface area contributed by atoms with Gasteiger partial charge in [0.2, 0.25) is 5.91 Å². The summed E-state index contributed by atoms with van der Waals surface area (Å²) in [6.45, 7) is 9.87. The molecule has 2 rings (SSSR count). The Labute approximate surface area is 128 Å². The number of hydrogen-bond donors (Lipinski definition) is 0. The van der Waals surface area contributed by atoms with Gasteiger partial charge in [-0.3, -0.25) is 9.59 Å². The van der Waals surface area contributed by atoms with Crippen molar-refractivity contribution in [3.05, 3.63) is 0 Å². The Hall–Kier alpha value is -0.900. The molecule has 2 aliphatic rings. The molecule has 1 amide bonds. The number of piperidine rings is 2. The van der Waals surface area contributed by atoms with Gasteiger partial charge >= 0.3 is 0 Å². The average Bonchev–Trinajstić information content (AvgIpc) is 2.47. The second-order valence-electron chi connectivity index (χ2n) is 7.05. The minimum atomic E-state index is 0.140. The van der Waals surface area contributed by atoms with E-state index in [0.29, 0.717) is 17.7 Å². The van der Waals surface area contributed by atoms with Crippen LogP contribution in [-0.2, 0) is 9.59 Å². The van der Waals surface area contributed by atoms with Crippen LogP contribution in [0.5, 0.6) is 0 Å². The van der Waals surface area contributed by atoms with Crippen molar-refractivity contribution in [3.8, 4) is 0 Å². The van der Waals surface area contributed by atoms with Gasteiger partial charge < -0.3 is 9.80 Å². The van der Waals surface area contributed by atoms with E-state index in [2.05, 4.69) is 18.7 Å². The number of carbonyl (C=O) groups is 2. The van der Waals surface area contributed by atoms with Gasteiger partial charge in [0.05, 0.1) is 0 Å². The van der Waals surface area contributed by atoms with Crippen LogP contribution in [0.25, 0.3) is 0 Å². The van der Waals surface area contributed by atoms with E-state index in [4.69, 9.17) is 0 Å². The third-order valence-electron chi connectivity index (χ3n) is 5.17. The maximum atomic E-state index is 12.5. The number of ketones is 1. The minimum Gasteiger partial charge on any atom is -0.343 e. The molecule has 2 heterocycles. The number of rotatable bonds is 4. The van der Waals surface area contributed by atoms with Gasteiger partial charge in [0.15, 0.2) is 0 Å². The summed E-state index contributed by atoms with van der Waals surface area (Å²) in [5.41, 5.74) is 0. The first-order valence-electron chi connectivity index (χ1n) is 8.49. The van der Waals surface area contributed by atoms with Gasteiger partial charge in [0, 0.05) is 44.9 Å². The molecule has 0 aliphatic carbocycles. The summed E-state index contributed by atoms with van der Waals surface area (Å²) < 4.78 is 0. The molecule has 0 unspecified atom stereocenters. The molecule has 4 nitrogen and oxygen atoms in total. The highest BCUT2D eigenvalue weighted by Crippen LogP contribution is 2.26. The SMILES string of the molecule is CC(=O)N1CCC(C(=O)C[C@@H]2CCCN(C(C)C)C2)CC1. The lowest BCUT2D eigenvalue weighted by atomic mass is 9.84. The Morgan fingerprint density at radius 1 is 1.10 bits per heavy atom. The predicted molar refractivity (Wildman–Crippen MR) is 84.0 cm³/mol. The number of hydrogen-bond acceptors (Lipinski definition) is 3. The first-order chi connectivity index (χ1) is 9.97. The summed E-state index contributed by atoms with van der Waals surface area (Å²) >= 11 is 0. The molecule has 120 valence electrons. The fourth-order valence-electron chi connectivity index (χ4n) is 3.70. The lowest BCUT2D eigenvalue weighted by Crippen LogP contribution is -2.42. The van der Waals surface area contributed by atoms with Crippen LogP contribution in [0.4, 0.5) is 0 Å². The van der Waals surface area contributed by atoms with Crippen molar-refractivity contribution < 1.29 is 9.59 Å². The van der Waals surface area contributed by atoms with E-state index < -0.39 is 0 Å². The first kappa shape index (κ1) is 16.5. The summed E-state index contributed by atoms with van der Waals surface area (Å²) in [7, 11) is 0. The number of Topliss-reactive ketones (excluding diaryl/α,β-unsaturated/α-hetero) is 1. The second kappa shape index (κ2) is 7.39. The maximum absolute atomic E-state index is 12.5. The molecule has 0 spiro atoms. The lowest BCUT2D eigenvalue weighted by molar-refractivity contribution is -0.133. The van der Waals surface area contributed by atoms with Crippen LogP contribution < -0.4 is 0 Å². The number of amides is 1. The van der Waals surface area contributed by atoms with E-state index in [9.17, 15) is 9.59 Å². The number of likely N-dealkylation sites (tertiary alicyclic amines) is 2. The average molecular weight is 294 g/mol. The molecular formula is C17H30N2O2. The molecule has 0 aromatic carbocycles. The molecule has 0 radical (unpaired) electrons. The van der Waals surface area contributed by atoms with Gasteiger partial charge in [0.1, 0.15) is 5.78 Å². The molecule has 0 aromatic rings. The van der Waals surface area contributed by atoms with E-state index in [1.807, 2.05) is 4.90 Å². The van der Waals surface area contributed by atoms with Gasteiger partial charge in [-0.05, 0) is 52.0 Å². The van der Waals surface area contributed by atoms with Crippen LogP contribution in [0.2, 0.25) is 0 Å². The van der Waals surface area contributed by atoms with Crippen molar-refractivity contribution in [2.24, 2.45) is 11.8 Å². The zero-order chi connectivity index (χ0) is 15.4. The standard InChI is InChI=1S/C17H30N2O2/c1-13(2)19-8-4-5-15(12-19)11-17(21)16-6-9-18(10-7-16)14(3)20/h13,15-16H,4-12H2,1-3H3/t15-/m0/s1. The van der Waals surface area contributed by atoms with E-state index in [1.54, 1.807) is 6.92 Å². The van der Waals surface area contributed by atoms with E-state index in [-0.39, 0.29) is 11.8 Å². The predicted octanol–water partition coefficient (Wildman–Crippen LogP) is 2.32. The summed E-state index contributed by atoms with van der Waals surface area (Å²) in [6, 6.07) is 0.585. The van der Waals surface area contributed by atoms with Crippen LogP contribution in [-0.4, -0.2) is 53.7 Å².